The first-order valence-corrected chi connectivity index (χ1v) is 24.6. The molecule has 59 heavy (non-hydrogen) atoms. The van der Waals surface area contributed by atoms with Gasteiger partial charge in [-0.1, -0.05) is 19.4 Å². The highest BCUT2D eigenvalue weighted by Gasteiger charge is 2.56. The summed E-state index contributed by atoms with van der Waals surface area (Å²) in [4.78, 5) is 55.0. The number of benzene rings is 1. The van der Waals surface area contributed by atoms with Crippen molar-refractivity contribution in [2.24, 2.45) is 23.7 Å². The lowest BCUT2D eigenvalue weighted by Gasteiger charge is -2.58. The molecular formula is C46H70N6O6S. The molecule has 2 aliphatic carbocycles. The second kappa shape index (κ2) is 19.5. The van der Waals surface area contributed by atoms with Crippen LogP contribution in [0.25, 0.3) is 0 Å². The number of carbonyl (C=O) groups is 4. The number of nitrogens with zero attached hydrogens (tertiary/aromatic N) is 1. The van der Waals surface area contributed by atoms with Gasteiger partial charge in [-0.2, -0.15) is 11.8 Å². The van der Waals surface area contributed by atoms with Crippen molar-refractivity contribution in [2.45, 2.75) is 158 Å². The topological polar surface area (TPSA) is 156 Å². The average molecular weight is 835 g/mol. The summed E-state index contributed by atoms with van der Waals surface area (Å²) in [5.41, 5.74) is 1.55. The lowest BCUT2D eigenvalue weighted by atomic mass is 9.57. The number of piperidine rings is 2. The van der Waals surface area contributed by atoms with E-state index < -0.39 is 5.97 Å². The molecular weight excluding hydrogens is 765 g/mol. The van der Waals surface area contributed by atoms with E-state index in [-0.39, 0.29) is 65.5 Å². The van der Waals surface area contributed by atoms with Crippen molar-refractivity contribution in [3.8, 4) is 0 Å². The van der Waals surface area contributed by atoms with E-state index in [9.17, 15) is 24.3 Å². The van der Waals surface area contributed by atoms with E-state index in [1.54, 1.807) is 17.0 Å². The Morgan fingerprint density at radius 1 is 0.932 bits per heavy atom. The molecule has 5 aliphatic heterocycles. The normalized spacial score (nSPS) is 36.2. The van der Waals surface area contributed by atoms with Gasteiger partial charge < -0.3 is 45.7 Å². The van der Waals surface area contributed by atoms with E-state index in [2.05, 4.69) is 40.0 Å². The fourth-order valence-corrected chi connectivity index (χ4v) is 14.6. The van der Waals surface area contributed by atoms with Gasteiger partial charge in [0.25, 0.3) is 5.91 Å². The second-order valence-electron chi connectivity index (χ2n) is 19.0. The highest BCUT2D eigenvalue weighted by Crippen LogP contribution is 2.56. The minimum Gasteiger partial charge on any atom is -0.545 e. The summed E-state index contributed by atoms with van der Waals surface area (Å²) in [5.74, 6) is 1.38. The molecule has 10 unspecified atom stereocenters. The van der Waals surface area contributed by atoms with Gasteiger partial charge in [0.05, 0.1) is 49.4 Å². The minimum atomic E-state index is -1.16. The largest absolute Gasteiger partial charge is 0.545 e. The standard InChI is InChI=1S/C46H70N6O6S/c1-3-51-20-10-12-28-22-33-38(25-36(28)51)58-39-26-37-29(13-11-21-52(37)4-2)23-34(39)42(33)32-24-30(16-17-31(32)45(55)56)44(54)48-19-9-5-8-18-47-41(53)15-7-6-14-40-43-35(27-59-40)49-46(57)50-43/h16-17,24,28-29,33-40,42-43H,3-15,18-23,25-27H2,1-2H3,(H,47,53)(H,48,54)(H,55,56)(H2,49,50,57)/t28?,29?,33?,34?,35-,36?,37?,38?,39?,40-,42?,43-/m0/s1. The molecule has 0 spiro atoms. The molecule has 8 rings (SSSR count). The Kier molecular flexibility index (Phi) is 14.1. The van der Waals surface area contributed by atoms with Gasteiger partial charge in [0.15, 0.2) is 0 Å². The van der Waals surface area contributed by atoms with Crippen molar-refractivity contribution < 1.29 is 33.9 Å². The summed E-state index contributed by atoms with van der Waals surface area (Å²) in [5, 5.41) is 25.5. The number of hydrogen-bond donors (Lipinski definition) is 5. The zero-order chi connectivity index (χ0) is 41.0. The molecule has 7 aliphatic rings. The van der Waals surface area contributed by atoms with Gasteiger partial charge in [0.2, 0.25) is 5.91 Å². The third kappa shape index (κ3) is 9.48. The smallest absolute Gasteiger partial charge is 0.315 e. The predicted molar refractivity (Wildman–Crippen MR) is 227 cm³/mol. The fraction of sp³-hybridized carbons (Fsp3) is 0.783. The zero-order valence-corrected chi connectivity index (χ0v) is 36.3. The van der Waals surface area contributed by atoms with E-state index in [1.807, 2.05) is 17.8 Å². The van der Waals surface area contributed by atoms with Crippen molar-refractivity contribution in [2.75, 3.05) is 45.0 Å². The summed E-state index contributed by atoms with van der Waals surface area (Å²) < 4.78 is 7.25. The number of unbranched alkanes of at least 4 members (excludes halogenated alkanes) is 3. The maximum Gasteiger partial charge on any atom is 0.315 e. The number of carbonyl (C=O) groups excluding carboxylic acids is 4. The van der Waals surface area contributed by atoms with Crippen molar-refractivity contribution in [3.63, 3.8) is 0 Å². The maximum atomic E-state index is 13.7. The number of nitrogens with one attached hydrogen (secondary N) is 5. The number of rotatable bonds is 16. The summed E-state index contributed by atoms with van der Waals surface area (Å²) >= 11 is 1.91. The van der Waals surface area contributed by atoms with Crippen LogP contribution in [0.5, 0.6) is 0 Å². The molecule has 2 saturated carbocycles. The van der Waals surface area contributed by atoms with E-state index in [0.29, 0.717) is 54.2 Å². The molecule has 12 nitrogen and oxygen atoms in total. The van der Waals surface area contributed by atoms with Crippen LogP contribution in [0.1, 0.15) is 142 Å². The van der Waals surface area contributed by atoms with Crippen LogP contribution in [0.3, 0.4) is 0 Å². The molecule has 1 aromatic rings. The SMILES string of the molecule is CCN1CCCC2CC3C(CC21)OC1CC2C(CCC[NH+]2CC)CC1C3c1cc(C(=O)NCCCCCNC(=O)CCCC[C@@H]2SC[C@@H]3NC(=O)N[C@@H]32)ccc1C(=O)[O-]. The van der Waals surface area contributed by atoms with Gasteiger partial charge in [-0.15, -0.1) is 0 Å². The lowest BCUT2D eigenvalue weighted by Crippen LogP contribution is -3.17. The number of quaternary nitrogens is 1. The Labute approximate surface area is 355 Å². The summed E-state index contributed by atoms with van der Waals surface area (Å²) in [6, 6.07) is 6.71. The molecule has 0 aromatic heterocycles. The first-order chi connectivity index (χ1) is 28.7. The van der Waals surface area contributed by atoms with Crippen LogP contribution in [0.2, 0.25) is 0 Å². The van der Waals surface area contributed by atoms with Crippen LogP contribution in [0.4, 0.5) is 4.79 Å². The maximum absolute atomic E-state index is 13.7. The van der Waals surface area contributed by atoms with E-state index in [4.69, 9.17) is 4.74 Å². The van der Waals surface area contributed by atoms with Crippen molar-refractivity contribution >= 4 is 35.6 Å². The number of amides is 4. The Morgan fingerprint density at radius 3 is 2.51 bits per heavy atom. The Balaban J connectivity index is 0.860. The number of carboxylic acid groups (broad SMARTS) is 1. The highest BCUT2D eigenvalue weighted by molar-refractivity contribution is 8.00. The van der Waals surface area contributed by atoms with Crippen LogP contribution >= 0.6 is 11.8 Å². The number of likely N-dealkylation sites (tertiary alicyclic amines) is 2. The van der Waals surface area contributed by atoms with Gasteiger partial charge in [0, 0.05) is 60.0 Å². The Bertz CT molecular complexity index is 1620. The summed E-state index contributed by atoms with van der Waals surface area (Å²) in [6.45, 7) is 10.3. The van der Waals surface area contributed by atoms with Crippen LogP contribution in [0.15, 0.2) is 18.2 Å². The van der Waals surface area contributed by atoms with E-state index >= 15 is 0 Å². The molecule has 4 amide bonds. The van der Waals surface area contributed by atoms with Gasteiger partial charge in [-0.3, -0.25) is 9.59 Å². The number of carboxylic acids is 1. The number of aromatic carboxylic acids is 1. The van der Waals surface area contributed by atoms with Crippen molar-refractivity contribution in [3.05, 3.63) is 34.9 Å². The molecule has 1 aromatic carbocycles. The molecule has 0 bridgehead atoms. The first-order valence-electron chi connectivity index (χ1n) is 23.5. The van der Waals surface area contributed by atoms with Gasteiger partial charge >= 0.3 is 6.03 Å². The molecule has 13 heteroatoms. The zero-order valence-electron chi connectivity index (χ0n) is 35.5. The van der Waals surface area contributed by atoms with Crippen LogP contribution in [-0.2, 0) is 9.53 Å². The third-order valence-electron chi connectivity index (χ3n) is 15.8. The molecule has 13 atom stereocenters. The molecule has 5 saturated heterocycles. The fourth-order valence-electron chi connectivity index (χ4n) is 13.0. The predicted octanol–water partition coefficient (Wildman–Crippen LogP) is 3.25. The first kappa shape index (κ1) is 42.8. The quantitative estimate of drug-likeness (QED) is 0.126. The van der Waals surface area contributed by atoms with Crippen LogP contribution < -0.4 is 31.3 Å². The van der Waals surface area contributed by atoms with E-state index in [1.165, 1.54) is 32.2 Å². The molecule has 7 fully saturated rings. The molecule has 0 radical (unpaired) electrons. The molecule has 326 valence electrons. The Morgan fingerprint density at radius 2 is 1.71 bits per heavy atom. The van der Waals surface area contributed by atoms with Gasteiger partial charge in [0.1, 0.15) is 0 Å². The third-order valence-corrected chi connectivity index (χ3v) is 17.3. The molecule has 5 N–H and O–H groups in total. The van der Waals surface area contributed by atoms with E-state index in [0.717, 1.165) is 95.2 Å². The number of ether oxygens (including phenoxy) is 1. The monoisotopic (exact) mass is 835 g/mol. The van der Waals surface area contributed by atoms with Gasteiger partial charge in [-0.25, -0.2) is 4.79 Å². The highest BCUT2D eigenvalue weighted by atomic mass is 32.2. The lowest BCUT2D eigenvalue weighted by molar-refractivity contribution is -0.935. The summed E-state index contributed by atoms with van der Waals surface area (Å²) in [6.07, 6.45) is 15.1. The minimum absolute atomic E-state index is 0.0216. The second-order valence-corrected chi connectivity index (χ2v) is 20.3. The Hall–Kier alpha value is -2.87. The van der Waals surface area contributed by atoms with Crippen LogP contribution in [0, 0.1) is 23.7 Å². The average Bonchev–Trinajstić information content (AvgIpc) is 3.80. The van der Waals surface area contributed by atoms with Crippen molar-refractivity contribution in [1.82, 2.24) is 26.2 Å². The van der Waals surface area contributed by atoms with Crippen LogP contribution in [-0.4, -0.2) is 115 Å². The molecule has 5 heterocycles. The number of urea groups is 1. The van der Waals surface area contributed by atoms with Gasteiger partial charge in [-0.05, 0) is 138 Å². The van der Waals surface area contributed by atoms with Crippen molar-refractivity contribution in [1.29, 1.82) is 0 Å². The number of thioether (sulfide) groups is 1. The number of fused-ring (bicyclic) bond motifs is 5. The number of hydrogen-bond acceptors (Lipinski definition) is 8. The summed E-state index contributed by atoms with van der Waals surface area (Å²) in [7, 11) is 0.